The van der Waals surface area contributed by atoms with Gasteiger partial charge in [0.2, 0.25) is 11.8 Å². The molecule has 38 heavy (non-hydrogen) atoms. The number of nitrogens with zero attached hydrogens (tertiary/aromatic N) is 1. The number of aromatic hydroxyl groups is 1. The number of nitrogens with one attached hydrogen (secondary N) is 4. The van der Waals surface area contributed by atoms with Crippen molar-refractivity contribution in [3.63, 3.8) is 0 Å². The molecule has 0 aliphatic carbocycles. The predicted molar refractivity (Wildman–Crippen MR) is 138 cm³/mol. The molecule has 3 amide bonds. The molecule has 0 bridgehead atoms. The van der Waals surface area contributed by atoms with Gasteiger partial charge in [-0.25, -0.2) is 9.78 Å². The van der Waals surface area contributed by atoms with Gasteiger partial charge in [0.15, 0.2) is 6.10 Å². The molecule has 0 radical (unpaired) electrons. The van der Waals surface area contributed by atoms with E-state index in [1.54, 1.807) is 26.0 Å². The van der Waals surface area contributed by atoms with E-state index in [1.165, 1.54) is 20.3 Å². The summed E-state index contributed by atoms with van der Waals surface area (Å²) < 4.78 is 10.7. The summed E-state index contributed by atoms with van der Waals surface area (Å²) >= 11 is 0. The highest BCUT2D eigenvalue weighted by atomic mass is 16.6. The van der Waals surface area contributed by atoms with Gasteiger partial charge < -0.3 is 40.8 Å². The summed E-state index contributed by atoms with van der Waals surface area (Å²) in [5.41, 5.74) is -0.645. The smallest absolute Gasteiger partial charge is 0.408 e. The number of hydroxylamine groups is 2. The van der Waals surface area contributed by atoms with Gasteiger partial charge in [0.25, 0.3) is 5.91 Å². The highest BCUT2D eigenvalue weighted by Crippen LogP contribution is 2.18. The van der Waals surface area contributed by atoms with Gasteiger partial charge in [-0.3, -0.25) is 14.4 Å². The van der Waals surface area contributed by atoms with Crippen LogP contribution in [-0.2, 0) is 30.3 Å². The first-order valence-electron chi connectivity index (χ1n) is 12.5. The van der Waals surface area contributed by atoms with Gasteiger partial charge in [-0.05, 0) is 32.3 Å². The summed E-state index contributed by atoms with van der Waals surface area (Å²) in [6, 6.07) is 0.960. The number of likely N-dealkylation sites (N-methyl/N-ethyl adjacent to an activating group) is 1. The van der Waals surface area contributed by atoms with E-state index in [-0.39, 0.29) is 36.2 Å². The zero-order chi connectivity index (χ0) is 29.0. The molecule has 0 fully saturated rings. The van der Waals surface area contributed by atoms with Gasteiger partial charge in [0.1, 0.15) is 11.6 Å². The molecule has 0 spiro atoms. The normalized spacial score (nSPS) is 14.6. The van der Waals surface area contributed by atoms with Crippen LogP contribution in [0.4, 0.5) is 4.79 Å². The Kier molecular flexibility index (Phi) is 12.9. The standard InChI is InChI=1S/C25H41N5O8/c1-15(2)13-19(29-24(35)38-25(4,5)10-12-30(7)36)22(33)28-18(14-17-9-8-11-27-21(17)32)20(23(34)26-6)37-16(3)31/h8-9,11,15,18-20,30H,10,12-14H2,1-7H3,(H,26,34)(H,27,32)(H,28,33)(H,29,35)/t18-,19-,20?/m1/s1. The number of pyridine rings is 1. The number of carbonyl (C=O) groups excluding carboxylic acids is 4. The lowest BCUT2D eigenvalue weighted by atomic mass is 9.98. The van der Waals surface area contributed by atoms with Gasteiger partial charge in [0.05, 0.1) is 19.6 Å². The van der Waals surface area contributed by atoms with Crippen LogP contribution in [0.2, 0.25) is 0 Å². The van der Waals surface area contributed by atoms with E-state index in [2.05, 4.69) is 20.9 Å². The Morgan fingerprint density at radius 1 is 1.18 bits per heavy atom. The molecule has 0 aliphatic rings. The zero-order valence-electron chi connectivity index (χ0n) is 23.1. The molecule has 0 aliphatic heterocycles. The van der Waals surface area contributed by atoms with Crippen molar-refractivity contribution >= 4 is 23.9 Å². The molecular formula is C25H41N5O8. The Labute approximate surface area is 223 Å². The third-order valence-electron chi connectivity index (χ3n) is 5.56. The molecule has 13 nitrogen and oxygen atoms in total. The Bertz CT molecular complexity index is 953. The number of esters is 1. The van der Waals surface area contributed by atoms with E-state index < -0.39 is 47.7 Å². The molecule has 1 aromatic heterocycles. The third kappa shape index (κ3) is 11.7. The minimum absolute atomic E-state index is 0.0132. The molecule has 1 rings (SSSR count). The van der Waals surface area contributed by atoms with Gasteiger partial charge in [0, 0.05) is 38.6 Å². The van der Waals surface area contributed by atoms with Crippen LogP contribution in [0.25, 0.3) is 0 Å². The van der Waals surface area contributed by atoms with Crippen molar-refractivity contribution in [3.8, 4) is 5.88 Å². The first kappa shape index (κ1) is 32.6. The van der Waals surface area contributed by atoms with Crippen molar-refractivity contribution in [3.05, 3.63) is 29.1 Å². The quantitative estimate of drug-likeness (QED) is 0.158. The summed E-state index contributed by atoms with van der Waals surface area (Å²) in [6.45, 7) is 8.41. The number of hydrogen-bond donors (Lipinski definition) is 5. The molecule has 0 aromatic carbocycles. The third-order valence-corrected chi connectivity index (χ3v) is 5.56. The number of quaternary nitrogens is 1. The van der Waals surface area contributed by atoms with Crippen molar-refractivity contribution in [2.75, 3.05) is 20.6 Å². The first-order valence-corrected chi connectivity index (χ1v) is 12.5. The van der Waals surface area contributed by atoms with E-state index >= 15 is 0 Å². The fourth-order valence-corrected chi connectivity index (χ4v) is 3.64. The second-order valence-electron chi connectivity index (χ2n) is 10.1. The van der Waals surface area contributed by atoms with Crippen LogP contribution in [0, 0.1) is 11.1 Å². The number of alkyl carbamates (subject to hydrolysis) is 1. The minimum Gasteiger partial charge on any atom is -0.634 e. The van der Waals surface area contributed by atoms with Crippen LogP contribution in [0.3, 0.4) is 0 Å². The van der Waals surface area contributed by atoms with Gasteiger partial charge in [-0.2, -0.15) is 0 Å². The second kappa shape index (κ2) is 15.1. The van der Waals surface area contributed by atoms with Crippen LogP contribution in [0.15, 0.2) is 18.3 Å². The van der Waals surface area contributed by atoms with Crippen LogP contribution in [0.1, 0.15) is 53.0 Å². The number of rotatable bonds is 14. The molecule has 0 saturated heterocycles. The molecular weight excluding hydrogens is 498 g/mol. The molecule has 4 atom stereocenters. The molecule has 0 saturated carbocycles. The lowest BCUT2D eigenvalue weighted by molar-refractivity contribution is -0.826. The summed E-state index contributed by atoms with van der Waals surface area (Å²) in [7, 11) is 2.80. The van der Waals surface area contributed by atoms with Crippen molar-refractivity contribution in [2.45, 2.75) is 77.7 Å². The Morgan fingerprint density at radius 3 is 2.37 bits per heavy atom. The van der Waals surface area contributed by atoms with Crippen LogP contribution < -0.4 is 21.0 Å². The predicted octanol–water partition coefficient (Wildman–Crippen LogP) is -0.186. The summed E-state index contributed by atoms with van der Waals surface area (Å²) in [5.74, 6) is -2.39. The number of ether oxygens (including phenoxy) is 2. The summed E-state index contributed by atoms with van der Waals surface area (Å²) in [4.78, 5) is 54.3. The minimum atomic E-state index is -1.43. The Balaban J connectivity index is 3.20. The lowest BCUT2D eigenvalue weighted by Crippen LogP contribution is -3.04. The molecule has 13 heteroatoms. The Morgan fingerprint density at radius 2 is 1.84 bits per heavy atom. The average Bonchev–Trinajstić information content (AvgIpc) is 2.80. The van der Waals surface area contributed by atoms with E-state index in [0.29, 0.717) is 12.0 Å². The van der Waals surface area contributed by atoms with E-state index in [9.17, 15) is 29.5 Å². The van der Waals surface area contributed by atoms with Crippen molar-refractivity contribution in [1.29, 1.82) is 0 Å². The summed E-state index contributed by atoms with van der Waals surface area (Å²) in [5, 5.41) is 29.1. The first-order chi connectivity index (χ1) is 17.6. The fraction of sp³-hybridized carbons (Fsp3) is 0.640. The van der Waals surface area contributed by atoms with Gasteiger partial charge in [-0.1, -0.05) is 19.9 Å². The molecule has 2 unspecified atom stereocenters. The van der Waals surface area contributed by atoms with E-state index in [0.717, 1.165) is 6.92 Å². The van der Waals surface area contributed by atoms with Gasteiger partial charge in [-0.15, -0.1) is 0 Å². The highest BCUT2D eigenvalue weighted by molar-refractivity contribution is 5.88. The maximum Gasteiger partial charge on any atom is 0.408 e. The maximum atomic E-state index is 13.4. The lowest BCUT2D eigenvalue weighted by Gasteiger charge is -2.30. The highest BCUT2D eigenvalue weighted by Gasteiger charge is 2.35. The summed E-state index contributed by atoms with van der Waals surface area (Å²) in [6.07, 6.45) is -0.460. The average molecular weight is 540 g/mol. The zero-order valence-corrected chi connectivity index (χ0v) is 23.1. The maximum absolute atomic E-state index is 13.4. The van der Waals surface area contributed by atoms with Crippen molar-refractivity contribution < 1.29 is 38.8 Å². The van der Waals surface area contributed by atoms with Crippen LogP contribution >= 0.6 is 0 Å². The van der Waals surface area contributed by atoms with Crippen LogP contribution in [0.5, 0.6) is 5.88 Å². The Hall–Kier alpha value is -3.45. The van der Waals surface area contributed by atoms with Crippen LogP contribution in [-0.4, -0.2) is 78.4 Å². The number of hydrogen-bond acceptors (Lipinski definition) is 9. The fourth-order valence-electron chi connectivity index (χ4n) is 3.64. The molecule has 5 N–H and O–H groups in total. The second-order valence-corrected chi connectivity index (χ2v) is 10.1. The van der Waals surface area contributed by atoms with Gasteiger partial charge >= 0.3 is 12.1 Å². The molecule has 1 heterocycles. The topological polar surface area (TPSA) is 183 Å². The van der Waals surface area contributed by atoms with Crippen molar-refractivity contribution in [2.24, 2.45) is 5.92 Å². The number of aromatic nitrogens is 1. The number of carbonyl (C=O) groups is 4. The monoisotopic (exact) mass is 539 g/mol. The van der Waals surface area contributed by atoms with Crippen molar-refractivity contribution in [1.82, 2.24) is 20.9 Å². The number of amides is 3. The van der Waals surface area contributed by atoms with E-state index in [1.807, 2.05) is 13.8 Å². The molecule has 1 aromatic rings. The largest absolute Gasteiger partial charge is 0.634 e. The SMILES string of the molecule is CNC(=O)C(OC(C)=O)[C@@H](Cc1cccnc1O)NC(=O)[C@@H](CC(C)C)NC(=O)OC(C)(C)CC[NH+](C)[O-]. The van der Waals surface area contributed by atoms with E-state index in [4.69, 9.17) is 9.47 Å². The molecule has 214 valence electrons.